The van der Waals surface area contributed by atoms with E-state index in [-0.39, 0.29) is 0 Å². The fourth-order valence-electron chi connectivity index (χ4n) is 3.38. The van der Waals surface area contributed by atoms with Crippen molar-refractivity contribution < 1.29 is 8.42 Å². The first kappa shape index (κ1) is 15.6. The van der Waals surface area contributed by atoms with Crippen molar-refractivity contribution >= 4 is 10.0 Å². The Morgan fingerprint density at radius 1 is 0.708 bits per heavy atom. The number of hydrogen-bond acceptors (Lipinski definition) is 2. The van der Waals surface area contributed by atoms with Crippen molar-refractivity contribution in [2.75, 3.05) is 13.1 Å². The third-order valence-corrected chi connectivity index (χ3v) is 6.80. The Kier molecular flexibility index (Phi) is 4.02. The number of hydrogen-bond donors (Lipinski definition) is 0. The van der Waals surface area contributed by atoms with E-state index < -0.39 is 10.0 Å². The summed E-state index contributed by atoms with van der Waals surface area (Å²) in [6.07, 6.45) is 4.24. The van der Waals surface area contributed by atoms with E-state index in [4.69, 9.17) is 0 Å². The van der Waals surface area contributed by atoms with Crippen LogP contribution in [0.25, 0.3) is 11.1 Å². The lowest BCUT2D eigenvalue weighted by atomic mass is 10.1. The van der Waals surface area contributed by atoms with Gasteiger partial charge in [0.05, 0.1) is 4.90 Å². The van der Waals surface area contributed by atoms with Gasteiger partial charge in [-0.1, -0.05) is 53.6 Å². The first-order valence-electron chi connectivity index (χ1n) is 8.50. The van der Waals surface area contributed by atoms with Crippen molar-refractivity contribution in [3.8, 4) is 11.1 Å². The second kappa shape index (κ2) is 6.19. The molecule has 0 atom stereocenters. The summed E-state index contributed by atoms with van der Waals surface area (Å²) in [7, 11) is -3.41. The van der Waals surface area contributed by atoms with E-state index >= 15 is 0 Å². The van der Waals surface area contributed by atoms with Crippen molar-refractivity contribution in [2.24, 2.45) is 0 Å². The van der Waals surface area contributed by atoms with E-state index in [1.165, 1.54) is 18.4 Å². The third-order valence-electron chi connectivity index (χ3n) is 4.90. The summed E-state index contributed by atoms with van der Waals surface area (Å²) in [4.78, 5) is 0.395. The predicted molar refractivity (Wildman–Crippen MR) is 96.1 cm³/mol. The van der Waals surface area contributed by atoms with Gasteiger partial charge < -0.3 is 0 Å². The van der Waals surface area contributed by atoms with E-state index in [1.54, 1.807) is 22.0 Å². The number of piperidine rings is 1. The maximum absolute atomic E-state index is 13.0. The molecule has 24 heavy (non-hydrogen) atoms. The summed E-state index contributed by atoms with van der Waals surface area (Å²) in [6, 6.07) is 17.2. The summed E-state index contributed by atoms with van der Waals surface area (Å²) < 4.78 is 27.6. The quantitative estimate of drug-likeness (QED) is 0.785. The second-order valence-corrected chi connectivity index (χ2v) is 8.44. The van der Waals surface area contributed by atoms with E-state index in [0.29, 0.717) is 18.0 Å². The Morgan fingerprint density at radius 2 is 1.33 bits per heavy atom. The van der Waals surface area contributed by atoms with E-state index in [9.17, 15) is 8.42 Å². The van der Waals surface area contributed by atoms with Gasteiger partial charge in [0.15, 0.2) is 0 Å². The lowest BCUT2D eigenvalue weighted by Gasteiger charge is -2.28. The molecule has 2 fully saturated rings. The lowest BCUT2D eigenvalue weighted by molar-refractivity contribution is 0.386. The van der Waals surface area contributed by atoms with Crippen LogP contribution in [-0.2, 0) is 10.0 Å². The molecule has 3 nitrogen and oxygen atoms in total. The fraction of sp³-hybridized carbons (Fsp3) is 0.300. The predicted octanol–water partition coefficient (Wildman–Crippen LogP) is 4.23. The Morgan fingerprint density at radius 3 is 2.00 bits per heavy atom. The number of sulfonamides is 1. The minimum atomic E-state index is -3.41. The van der Waals surface area contributed by atoms with Crippen LogP contribution in [0.15, 0.2) is 70.6 Å². The molecule has 1 aliphatic heterocycles. The highest BCUT2D eigenvalue weighted by atomic mass is 32.2. The van der Waals surface area contributed by atoms with Gasteiger partial charge in [-0.3, -0.25) is 0 Å². The topological polar surface area (TPSA) is 37.4 Å². The lowest BCUT2D eigenvalue weighted by Crippen LogP contribution is -2.36. The van der Waals surface area contributed by atoms with Crippen LogP contribution in [0.3, 0.4) is 0 Å². The normalized spacial score (nSPS) is 18.7. The van der Waals surface area contributed by atoms with Crippen LogP contribution in [0.5, 0.6) is 0 Å². The van der Waals surface area contributed by atoms with Gasteiger partial charge in [-0.15, -0.1) is 0 Å². The molecule has 2 aromatic rings. The standard InChI is InChI=1S/C20H21NO2S/c22-24(23,21-13-11-18(12-14-21)17-9-10-17)20-8-4-7-19(15-20)16-5-2-1-3-6-16/h1-8,15H,9-14H2. The zero-order chi connectivity index (χ0) is 16.6. The van der Waals surface area contributed by atoms with Gasteiger partial charge in [-0.25, -0.2) is 8.42 Å². The highest BCUT2D eigenvalue weighted by Crippen LogP contribution is 2.37. The van der Waals surface area contributed by atoms with Crippen LogP contribution >= 0.6 is 0 Å². The Labute approximate surface area is 143 Å². The molecule has 0 aromatic heterocycles. The molecule has 1 aliphatic carbocycles. The molecule has 1 saturated heterocycles. The Balaban J connectivity index is 1.59. The summed E-state index contributed by atoms with van der Waals surface area (Å²) in [5, 5.41) is 0. The molecule has 0 spiro atoms. The number of benzene rings is 2. The zero-order valence-electron chi connectivity index (χ0n) is 13.6. The summed E-state index contributed by atoms with van der Waals surface area (Å²) in [6.45, 7) is 1.22. The summed E-state index contributed by atoms with van der Waals surface area (Å²) in [5.74, 6) is 0. The van der Waals surface area contributed by atoms with Crippen LogP contribution < -0.4 is 0 Å². The van der Waals surface area contributed by atoms with Crippen molar-refractivity contribution in [1.82, 2.24) is 4.31 Å². The van der Waals surface area contributed by atoms with Gasteiger partial charge in [-0.05, 0) is 48.9 Å². The molecule has 0 amide bonds. The van der Waals surface area contributed by atoms with Crippen LogP contribution in [0.2, 0.25) is 0 Å². The zero-order valence-corrected chi connectivity index (χ0v) is 14.4. The minimum Gasteiger partial charge on any atom is -0.207 e. The maximum Gasteiger partial charge on any atom is 0.243 e. The Hall–Kier alpha value is -1.91. The van der Waals surface area contributed by atoms with E-state index in [0.717, 1.165) is 24.0 Å². The first-order valence-corrected chi connectivity index (χ1v) is 9.94. The van der Waals surface area contributed by atoms with Gasteiger partial charge in [-0.2, -0.15) is 4.31 Å². The summed E-state index contributed by atoms with van der Waals surface area (Å²) >= 11 is 0. The van der Waals surface area contributed by atoms with Crippen molar-refractivity contribution in [1.29, 1.82) is 0 Å². The van der Waals surface area contributed by atoms with Gasteiger partial charge >= 0.3 is 0 Å². The first-order chi connectivity index (χ1) is 11.6. The molecular formula is C20H21NO2S. The van der Waals surface area contributed by atoms with E-state index in [1.807, 2.05) is 42.5 Å². The monoisotopic (exact) mass is 339 g/mol. The molecule has 0 radical (unpaired) electrons. The van der Waals surface area contributed by atoms with Crippen molar-refractivity contribution in [3.63, 3.8) is 0 Å². The second-order valence-electron chi connectivity index (χ2n) is 6.51. The van der Waals surface area contributed by atoms with Crippen LogP contribution in [0.4, 0.5) is 0 Å². The van der Waals surface area contributed by atoms with Gasteiger partial charge in [0.2, 0.25) is 10.0 Å². The molecule has 124 valence electrons. The third kappa shape index (κ3) is 3.04. The molecule has 1 heterocycles. The number of rotatable bonds is 3. The molecular weight excluding hydrogens is 318 g/mol. The van der Waals surface area contributed by atoms with Gasteiger partial charge in [0.25, 0.3) is 0 Å². The molecule has 0 N–H and O–H groups in total. The molecule has 4 heteroatoms. The largest absolute Gasteiger partial charge is 0.243 e. The molecule has 1 saturated carbocycles. The van der Waals surface area contributed by atoms with Gasteiger partial charge in [0, 0.05) is 13.1 Å². The van der Waals surface area contributed by atoms with E-state index in [2.05, 4.69) is 0 Å². The maximum atomic E-state index is 13.0. The fourth-order valence-corrected chi connectivity index (χ4v) is 4.87. The van der Waals surface area contributed by atoms with Crippen LogP contribution in [-0.4, -0.2) is 25.8 Å². The molecule has 0 bridgehead atoms. The van der Waals surface area contributed by atoms with Crippen LogP contribution in [0.1, 0.15) is 25.7 Å². The molecule has 2 aliphatic rings. The smallest absolute Gasteiger partial charge is 0.207 e. The number of allylic oxidation sites excluding steroid dienone is 1. The highest BCUT2D eigenvalue weighted by Gasteiger charge is 2.29. The number of nitrogens with zero attached hydrogens (tertiary/aromatic N) is 1. The van der Waals surface area contributed by atoms with Crippen LogP contribution in [0, 0.1) is 0 Å². The average Bonchev–Trinajstić information content (AvgIpc) is 3.48. The average molecular weight is 339 g/mol. The van der Waals surface area contributed by atoms with Crippen molar-refractivity contribution in [2.45, 2.75) is 30.6 Å². The summed E-state index contributed by atoms with van der Waals surface area (Å²) in [5.41, 5.74) is 5.04. The highest BCUT2D eigenvalue weighted by molar-refractivity contribution is 7.89. The molecule has 2 aromatic carbocycles. The molecule has 0 unspecified atom stereocenters. The Bertz CT molecular complexity index is 869. The molecule has 4 rings (SSSR count). The van der Waals surface area contributed by atoms with Crippen molar-refractivity contribution in [3.05, 3.63) is 65.7 Å². The minimum absolute atomic E-state index is 0.395. The SMILES string of the molecule is O=S(=O)(c1cccc(-c2ccccc2)c1)N1CCC(=C2CC2)CC1. The van der Waals surface area contributed by atoms with Gasteiger partial charge in [0.1, 0.15) is 0 Å².